The van der Waals surface area contributed by atoms with E-state index < -0.39 is 0 Å². The Bertz CT molecular complexity index is 425. The summed E-state index contributed by atoms with van der Waals surface area (Å²) in [7, 11) is 0. The molecule has 0 spiro atoms. The van der Waals surface area contributed by atoms with Gasteiger partial charge in [-0.2, -0.15) is 5.26 Å². The molecule has 3 rings (SSSR count). The summed E-state index contributed by atoms with van der Waals surface area (Å²) in [6.07, 6.45) is 5.87. The van der Waals surface area contributed by atoms with Crippen molar-refractivity contribution >= 4 is 0 Å². The van der Waals surface area contributed by atoms with Gasteiger partial charge in [-0.15, -0.1) is 0 Å². The van der Waals surface area contributed by atoms with Crippen molar-refractivity contribution < 1.29 is 4.74 Å². The lowest BCUT2D eigenvalue weighted by Crippen LogP contribution is -2.28. The van der Waals surface area contributed by atoms with E-state index in [1.165, 1.54) is 11.1 Å². The van der Waals surface area contributed by atoms with Crippen molar-refractivity contribution in [1.29, 1.82) is 5.26 Å². The zero-order valence-electron chi connectivity index (χ0n) is 8.36. The summed E-state index contributed by atoms with van der Waals surface area (Å²) < 4.78 is 5.75. The van der Waals surface area contributed by atoms with Gasteiger partial charge in [0.2, 0.25) is 0 Å². The standard InChI is InChI=1S/C12H12N2O/c13-4-8-1-2-12-10(3-8)11-6-14-5-9(11)7-15-12/h1-3,9,12,14H,5-7H2. The van der Waals surface area contributed by atoms with Crippen LogP contribution >= 0.6 is 0 Å². The molecule has 2 aliphatic heterocycles. The van der Waals surface area contributed by atoms with Crippen molar-refractivity contribution in [1.82, 2.24) is 5.32 Å². The minimum absolute atomic E-state index is 0.0771. The summed E-state index contributed by atoms with van der Waals surface area (Å²) in [6.45, 7) is 2.75. The van der Waals surface area contributed by atoms with E-state index in [2.05, 4.69) is 11.4 Å². The monoisotopic (exact) mass is 200 g/mol. The fourth-order valence-corrected chi connectivity index (χ4v) is 2.45. The second-order valence-corrected chi connectivity index (χ2v) is 4.13. The Morgan fingerprint density at radius 1 is 1.53 bits per heavy atom. The third kappa shape index (κ3) is 1.34. The Morgan fingerprint density at radius 2 is 2.47 bits per heavy atom. The van der Waals surface area contributed by atoms with Gasteiger partial charge < -0.3 is 10.1 Å². The predicted molar refractivity (Wildman–Crippen MR) is 56.0 cm³/mol. The number of hydrogen-bond acceptors (Lipinski definition) is 3. The highest BCUT2D eigenvalue weighted by Gasteiger charge is 2.32. The van der Waals surface area contributed by atoms with Crippen LogP contribution in [-0.2, 0) is 4.74 Å². The number of nitriles is 1. The Labute approximate surface area is 88.7 Å². The molecular weight excluding hydrogens is 188 g/mol. The molecule has 1 saturated heterocycles. The van der Waals surface area contributed by atoms with E-state index >= 15 is 0 Å². The summed E-state index contributed by atoms with van der Waals surface area (Å²) in [5, 5.41) is 12.2. The molecule has 0 aromatic rings. The van der Waals surface area contributed by atoms with Crippen molar-refractivity contribution in [3.05, 3.63) is 34.9 Å². The highest BCUT2D eigenvalue weighted by molar-refractivity contribution is 5.50. The van der Waals surface area contributed by atoms with Crippen molar-refractivity contribution in [2.45, 2.75) is 6.10 Å². The first kappa shape index (κ1) is 8.90. The zero-order chi connectivity index (χ0) is 10.3. The molecule has 15 heavy (non-hydrogen) atoms. The molecule has 0 radical (unpaired) electrons. The summed E-state index contributed by atoms with van der Waals surface area (Å²) in [5.41, 5.74) is 3.36. The van der Waals surface area contributed by atoms with Gasteiger partial charge in [-0.05, 0) is 23.3 Å². The van der Waals surface area contributed by atoms with E-state index in [9.17, 15) is 0 Å². The molecular formula is C12H12N2O. The number of rotatable bonds is 0. The normalized spacial score (nSPS) is 33.1. The van der Waals surface area contributed by atoms with Crippen LogP contribution in [0.4, 0.5) is 0 Å². The quantitative estimate of drug-likeness (QED) is 0.632. The van der Waals surface area contributed by atoms with Crippen LogP contribution in [0.25, 0.3) is 0 Å². The van der Waals surface area contributed by atoms with Gasteiger partial charge in [0.25, 0.3) is 0 Å². The highest BCUT2D eigenvalue weighted by atomic mass is 16.5. The smallest absolute Gasteiger partial charge is 0.101 e. The van der Waals surface area contributed by atoms with Crippen LogP contribution in [0.2, 0.25) is 0 Å². The molecule has 0 amide bonds. The van der Waals surface area contributed by atoms with Crippen LogP contribution < -0.4 is 5.32 Å². The third-order valence-electron chi connectivity index (χ3n) is 3.24. The number of nitrogens with zero attached hydrogens (tertiary/aromatic N) is 1. The molecule has 0 aromatic carbocycles. The van der Waals surface area contributed by atoms with E-state index in [-0.39, 0.29) is 6.10 Å². The Kier molecular flexibility index (Phi) is 1.98. The fourth-order valence-electron chi connectivity index (χ4n) is 2.45. The molecule has 3 nitrogen and oxygen atoms in total. The largest absolute Gasteiger partial charge is 0.369 e. The number of ether oxygens (including phenoxy) is 1. The molecule has 0 saturated carbocycles. The SMILES string of the molecule is N#CC1=CC2=C3CNCC3COC2C=C1. The number of nitrogens with one attached hydrogen (secondary N) is 1. The van der Waals surface area contributed by atoms with Crippen LogP contribution in [0.15, 0.2) is 34.9 Å². The third-order valence-corrected chi connectivity index (χ3v) is 3.24. The zero-order valence-corrected chi connectivity index (χ0v) is 8.36. The lowest BCUT2D eigenvalue weighted by Gasteiger charge is -2.29. The van der Waals surface area contributed by atoms with Crippen LogP contribution in [0.5, 0.6) is 0 Å². The minimum Gasteiger partial charge on any atom is -0.369 e. The van der Waals surface area contributed by atoms with Crippen molar-refractivity contribution in [3.63, 3.8) is 0 Å². The van der Waals surface area contributed by atoms with Gasteiger partial charge in [-0.25, -0.2) is 0 Å². The van der Waals surface area contributed by atoms with E-state index in [4.69, 9.17) is 10.00 Å². The lowest BCUT2D eigenvalue weighted by atomic mass is 9.88. The molecule has 2 atom stereocenters. The van der Waals surface area contributed by atoms with Crippen LogP contribution in [0, 0.1) is 17.2 Å². The summed E-state index contributed by atoms with van der Waals surface area (Å²) in [4.78, 5) is 0. The number of fused-ring (bicyclic) bond motifs is 2. The molecule has 0 aromatic heterocycles. The summed E-state index contributed by atoms with van der Waals surface area (Å²) in [6, 6.07) is 2.18. The minimum atomic E-state index is 0.0771. The number of hydrogen-bond donors (Lipinski definition) is 1. The van der Waals surface area contributed by atoms with Crippen molar-refractivity contribution in [2.24, 2.45) is 5.92 Å². The Hall–Kier alpha value is -1.37. The Morgan fingerprint density at radius 3 is 3.33 bits per heavy atom. The fraction of sp³-hybridized carbons (Fsp3) is 0.417. The summed E-state index contributed by atoms with van der Waals surface area (Å²) in [5.74, 6) is 0.513. The van der Waals surface area contributed by atoms with Crippen molar-refractivity contribution in [3.8, 4) is 6.07 Å². The second-order valence-electron chi connectivity index (χ2n) is 4.13. The topological polar surface area (TPSA) is 45.0 Å². The molecule has 3 heteroatoms. The van der Waals surface area contributed by atoms with E-state index in [0.717, 1.165) is 25.3 Å². The van der Waals surface area contributed by atoms with Crippen LogP contribution in [0.1, 0.15) is 0 Å². The average molecular weight is 200 g/mol. The van der Waals surface area contributed by atoms with Gasteiger partial charge in [0.05, 0.1) is 18.2 Å². The first-order valence-corrected chi connectivity index (χ1v) is 5.24. The molecule has 2 unspecified atom stereocenters. The summed E-state index contributed by atoms with van der Waals surface area (Å²) >= 11 is 0. The van der Waals surface area contributed by atoms with Crippen molar-refractivity contribution in [2.75, 3.05) is 19.7 Å². The van der Waals surface area contributed by atoms with Crippen LogP contribution in [-0.4, -0.2) is 25.8 Å². The molecule has 76 valence electrons. The van der Waals surface area contributed by atoms with E-state index in [1.807, 2.05) is 18.2 Å². The van der Waals surface area contributed by atoms with E-state index in [0.29, 0.717) is 5.92 Å². The van der Waals surface area contributed by atoms with E-state index in [1.54, 1.807) is 0 Å². The van der Waals surface area contributed by atoms with Crippen LogP contribution in [0.3, 0.4) is 0 Å². The predicted octanol–water partition coefficient (Wildman–Crippen LogP) is 0.921. The Balaban J connectivity index is 2.07. The molecule has 3 aliphatic rings. The maximum absolute atomic E-state index is 8.87. The van der Waals surface area contributed by atoms with Gasteiger partial charge in [0.15, 0.2) is 0 Å². The highest BCUT2D eigenvalue weighted by Crippen LogP contribution is 2.32. The molecule has 2 heterocycles. The molecule has 1 aliphatic carbocycles. The lowest BCUT2D eigenvalue weighted by molar-refractivity contribution is 0.0767. The van der Waals surface area contributed by atoms with Gasteiger partial charge in [0.1, 0.15) is 6.10 Å². The maximum atomic E-state index is 8.87. The van der Waals surface area contributed by atoms with Gasteiger partial charge >= 0.3 is 0 Å². The first-order chi connectivity index (χ1) is 7.38. The van der Waals surface area contributed by atoms with Gasteiger partial charge in [-0.3, -0.25) is 0 Å². The molecule has 1 N–H and O–H groups in total. The maximum Gasteiger partial charge on any atom is 0.101 e. The number of allylic oxidation sites excluding steroid dienone is 2. The molecule has 1 fully saturated rings. The second kappa shape index (κ2) is 3.34. The first-order valence-electron chi connectivity index (χ1n) is 5.24. The van der Waals surface area contributed by atoms with Gasteiger partial charge in [-0.1, -0.05) is 6.08 Å². The van der Waals surface area contributed by atoms with Gasteiger partial charge in [0, 0.05) is 19.0 Å². The average Bonchev–Trinajstić information content (AvgIpc) is 2.76. The molecule has 0 bridgehead atoms.